The monoisotopic (exact) mass is 587 g/mol. The number of rotatable bonds is 10. The van der Waals surface area contributed by atoms with E-state index in [-0.39, 0.29) is 34.0 Å². The number of halogens is 2. The predicted molar refractivity (Wildman–Crippen MR) is 159 cm³/mol. The minimum absolute atomic E-state index is 0.0845. The van der Waals surface area contributed by atoms with Gasteiger partial charge in [-0.05, 0) is 41.8 Å². The Kier molecular flexibility index (Phi) is 9.92. The number of amides is 2. The van der Waals surface area contributed by atoms with Gasteiger partial charge in [0.15, 0.2) is 0 Å². The van der Waals surface area contributed by atoms with Crippen LogP contribution >= 0.6 is 23.2 Å². The van der Waals surface area contributed by atoms with Gasteiger partial charge in [0.2, 0.25) is 5.91 Å². The number of nitrogens with zero attached hydrogens (tertiary/aromatic N) is 2. The van der Waals surface area contributed by atoms with Crippen LogP contribution in [0.5, 0.6) is 5.75 Å². The summed E-state index contributed by atoms with van der Waals surface area (Å²) in [6, 6.07) is 11.6. The summed E-state index contributed by atoms with van der Waals surface area (Å²) >= 11 is 12.3. The van der Waals surface area contributed by atoms with E-state index in [0.717, 1.165) is 0 Å². The molecule has 0 aliphatic rings. The van der Waals surface area contributed by atoms with E-state index in [1.807, 2.05) is 34.6 Å². The molecule has 1 unspecified atom stereocenters. The fourth-order valence-corrected chi connectivity index (χ4v) is 4.84. The van der Waals surface area contributed by atoms with Gasteiger partial charge in [0.1, 0.15) is 5.75 Å². The molecule has 0 saturated heterocycles. The van der Waals surface area contributed by atoms with Gasteiger partial charge in [0.25, 0.3) is 5.91 Å². The number of ether oxygens (including phenoxy) is 1. The highest BCUT2D eigenvalue weighted by Crippen LogP contribution is 2.36. The van der Waals surface area contributed by atoms with Crippen molar-refractivity contribution >= 4 is 52.4 Å². The molecule has 10 heteroatoms. The van der Waals surface area contributed by atoms with Crippen molar-refractivity contribution in [1.29, 1.82) is 0 Å². The second kappa shape index (κ2) is 12.8. The molecule has 0 radical (unpaired) electrons. The first-order valence-corrected chi connectivity index (χ1v) is 13.6. The number of benzene rings is 2. The number of carboxylic acids is 1. The van der Waals surface area contributed by atoms with Crippen molar-refractivity contribution in [3.05, 3.63) is 76.0 Å². The maximum atomic E-state index is 13.4. The van der Waals surface area contributed by atoms with E-state index in [1.54, 1.807) is 64.3 Å². The van der Waals surface area contributed by atoms with Crippen LogP contribution in [0.4, 0.5) is 11.4 Å². The van der Waals surface area contributed by atoms with Crippen molar-refractivity contribution in [2.45, 2.75) is 47.1 Å². The number of aliphatic carboxylic acids is 1. The lowest BCUT2D eigenvalue weighted by molar-refractivity contribution is -0.139. The number of methoxy groups -OCH3 is 1. The van der Waals surface area contributed by atoms with E-state index in [2.05, 4.69) is 5.32 Å². The molecule has 40 heavy (non-hydrogen) atoms. The number of aromatic nitrogens is 1. The normalized spacial score (nSPS) is 12.2. The van der Waals surface area contributed by atoms with Crippen molar-refractivity contribution in [3.63, 3.8) is 0 Å². The molecule has 2 N–H and O–H groups in total. The highest BCUT2D eigenvalue weighted by molar-refractivity contribution is 6.40. The van der Waals surface area contributed by atoms with E-state index in [0.29, 0.717) is 29.2 Å². The van der Waals surface area contributed by atoms with E-state index in [1.165, 1.54) is 7.11 Å². The van der Waals surface area contributed by atoms with E-state index < -0.39 is 23.2 Å². The summed E-state index contributed by atoms with van der Waals surface area (Å²) < 4.78 is 7.25. The Hall–Kier alpha value is -3.49. The summed E-state index contributed by atoms with van der Waals surface area (Å²) in [7, 11) is 1.52. The Labute approximate surface area is 244 Å². The Bertz CT molecular complexity index is 1370. The minimum Gasteiger partial charge on any atom is -0.495 e. The van der Waals surface area contributed by atoms with E-state index >= 15 is 0 Å². The van der Waals surface area contributed by atoms with Crippen LogP contribution in [-0.2, 0) is 16.1 Å². The molecule has 1 aromatic heterocycles. The lowest BCUT2D eigenvalue weighted by Gasteiger charge is -2.32. The van der Waals surface area contributed by atoms with Gasteiger partial charge in [-0.3, -0.25) is 14.4 Å². The van der Waals surface area contributed by atoms with E-state index in [9.17, 15) is 19.5 Å². The first kappa shape index (κ1) is 31.0. The molecule has 0 aliphatic heterocycles. The lowest BCUT2D eigenvalue weighted by atomic mass is 9.93. The molecule has 0 bridgehead atoms. The second-order valence-corrected chi connectivity index (χ2v) is 11.8. The third-order valence-electron chi connectivity index (χ3n) is 6.22. The molecule has 0 spiro atoms. The van der Waals surface area contributed by atoms with Crippen molar-refractivity contribution in [2.75, 3.05) is 23.9 Å². The van der Waals surface area contributed by atoms with Crippen LogP contribution in [0.3, 0.4) is 0 Å². The first-order chi connectivity index (χ1) is 18.7. The number of anilines is 2. The van der Waals surface area contributed by atoms with Crippen LogP contribution < -0.4 is 15.0 Å². The van der Waals surface area contributed by atoms with Crippen molar-refractivity contribution in [2.24, 2.45) is 11.3 Å². The number of hydrogen-bond acceptors (Lipinski definition) is 4. The van der Waals surface area contributed by atoms with Crippen LogP contribution in [0.1, 0.15) is 56.5 Å². The molecule has 2 aromatic carbocycles. The lowest BCUT2D eigenvalue weighted by Crippen LogP contribution is -2.42. The zero-order valence-corrected chi connectivity index (χ0v) is 25.0. The topological polar surface area (TPSA) is 101 Å². The Balaban J connectivity index is 1.91. The SMILES string of the molecule is COc1ccc(C(Cn2ccc(NC(=O)c3c(Cl)cccc3Cl)c2)C(=O)O)cc1N(CC(C)C)C(=O)C(C)(C)C. The van der Waals surface area contributed by atoms with Crippen LogP contribution in [0.25, 0.3) is 0 Å². The zero-order chi connectivity index (χ0) is 29.8. The third kappa shape index (κ3) is 7.37. The average molecular weight is 589 g/mol. The third-order valence-corrected chi connectivity index (χ3v) is 6.85. The number of carbonyl (C=O) groups excluding carboxylic acids is 2. The smallest absolute Gasteiger partial charge is 0.312 e. The number of nitrogens with one attached hydrogen (secondary N) is 1. The molecule has 0 aliphatic carbocycles. The minimum atomic E-state index is -1.03. The van der Waals surface area contributed by atoms with E-state index in [4.69, 9.17) is 27.9 Å². The van der Waals surface area contributed by atoms with Crippen molar-refractivity contribution in [1.82, 2.24) is 4.57 Å². The van der Waals surface area contributed by atoms with Crippen LogP contribution in [0.15, 0.2) is 54.9 Å². The summed E-state index contributed by atoms with van der Waals surface area (Å²) in [6.07, 6.45) is 3.32. The highest BCUT2D eigenvalue weighted by atomic mass is 35.5. The number of carboxylic acid groups (broad SMARTS) is 1. The van der Waals surface area contributed by atoms with Gasteiger partial charge in [0.05, 0.1) is 40.0 Å². The summed E-state index contributed by atoms with van der Waals surface area (Å²) in [5, 5.41) is 13.4. The summed E-state index contributed by atoms with van der Waals surface area (Å²) in [5.41, 5.74) is 1.00. The molecule has 3 rings (SSSR count). The van der Waals surface area contributed by atoms with Crippen LogP contribution in [0.2, 0.25) is 10.0 Å². The van der Waals surface area contributed by atoms with Gasteiger partial charge in [-0.15, -0.1) is 0 Å². The molecule has 0 fully saturated rings. The standard InChI is InChI=1S/C30H35Cl2N3O5/c1-18(2)15-35(29(39)30(3,4)5)24-14-19(10-11-25(24)40-6)21(28(37)38)17-34-13-12-20(16-34)33-27(36)26-22(31)8-7-9-23(26)32/h7-14,16,18,21H,15,17H2,1-6H3,(H,33,36)(H,37,38). The molecule has 8 nitrogen and oxygen atoms in total. The van der Waals surface area contributed by atoms with Gasteiger partial charge in [-0.25, -0.2) is 0 Å². The average Bonchev–Trinajstić information content (AvgIpc) is 3.31. The van der Waals surface area contributed by atoms with Crippen LogP contribution in [-0.4, -0.2) is 41.1 Å². The van der Waals surface area contributed by atoms with Crippen molar-refractivity contribution in [3.8, 4) is 5.75 Å². The molecule has 2 amide bonds. The molecule has 214 valence electrons. The predicted octanol–water partition coefficient (Wildman–Crippen LogP) is 6.96. The molecular weight excluding hydrogens is 553 g/mol. The fourth-order valence-electron chi connectivity index (χ4n) is 4.27. The van der Waals surface area contributed by atoms with Gasteiger partial charge in [-0.1, -0.05) is 70.0 Å². The van der Waals surface area contributed by atoms with Crippen molar-refractivity contribution < 1.29 is 24.2 Å². The Morgan fingerprint density at radius 3 is 2.27 bits per heavy atom. The summed E-state index contributed by atoms with van der Waals surface area (Å²) in [5.74, 6) is -1.89. The van der Waals surface area contributed by atoms with Gasteiger partial charge >= 0.3 is 5.97 Å². The molecule has 0 saturated carbocycles. The Morgan fingerprint density at radius 1 is 1.07 bits per heavy atom. The quantitative estimate of drug-likeness (QED) is 0.267. The second-order valence-electron chi connectivity index (χ2n) is 11.0. The first-order valence-electron chi connectivity index (χ1n) is 12.9. The molecular formula is C30H35Cl2N3O5. The van der Waals surface area contributed by atoms with Gasteiger partial charge in [-0.2, -0.15) is 0 Å². The van der Waals surface area contributed by atoms with Gasteiger partial charge < -0.3 is 24.6 Å². The molecule has 1 heterocycles. The number of carbonyl (C=O) groups is 3. The zero-order valence-electron chi connectivity index (χ0n) is 23.5. The fraction of sp³-hybridized carbons (Fsp3) is 0.367. The van der Waals surface area contributed by atoms with Crippen LogP contribution in [0, 0.1) is 11.3 Å². The molecule has 3 aromatic rings. The molecule has 1 atom stereocenters. The maximum absolute atomic E-state index is 13.4. The summed E-state index contributed by atoms with van der Waals surface area (Å²) in [6.45, 7) is 10.1. The Morgan fingerprint density at radius 2 is 1.73 bits per heavy atom. The maximum Gasteiger partial charge on any atom is 0.312 e. The number of hydrogen-bond donors (Lipinski definition) is 2. The summed E-state index contributed by atoms with van der Waals surface area (Å²) in [4.78, 5) is 40.3. The highest BCUT2D eigenvalue weighted by Gasteiger charge is 2.31. The largest absolute Gasteiger partial charge is 0.495 e. The van der Waals surface area contributed by atoms with Gasteiger partial charge in [0, 0.05) is 30.9 Å².